The molecule has 1 fully saturated rings. The molecule has 1 saturated heterocycles. The fourth-order valence-corrected chi connectivity index (χ4v) is 3.79. The first kappa shape index (κ1) is 18.2. The Labute approximate surface area is 156 Å². The zero-order valence-electron chi connectivity index (χ0n) is 14.4. The third-order valence-corrected chi connectivity index (χ3v) is 5.19. The van der Waals surface area contributed by atoms with Gasteiger partial charge in [0, 0.05) is 30.7 Å². The van der Waals surface area contributed by atoms with Crippen molar-refractivity contribution in [1.82, 2.24) is 10.2 Å². The highest BCUT2D eigenvalue weighted by Gasteiger charge is 2.27. The average molecular weight is 409 g/mol. The summed E-state index contributed by atoms with van der Waals surface area (Å²) in [7, 11) is 3.25. The summed E-state index contributed by atoms with van der Waals surface area (Å²) in [6, 6.07) is 10.7. The molecule has 3 rings (SSSR count). The van der Waals surface area contributed by atoms with Crippen molar-refractivity contribution in [3.63, 3.8) is 0 Å². The number of halogens is 2. The molecule has 0 aliphatic carbocycles. The maximum Gasteiger partial charge on any atom is 0.161 e. The van der Waals surface area contributed by atoms with Crippen LogP contribution in [0.3, 0.4) is 0 Å². The van der Waals surface area contributed by atoms with Crippen LogP contribution < -0.4 is 14.8 Å². The first-order valence-corrected chi connectivity index (χ1v) is 9.05. The highest BCUT2D eigenvalue weighted by molar-refractivity contribution is 9.10. The van der Waals surface area contributed by atoms with Crippen LogP contribution in [0.15, 0.2) is 40.9 Å². The molecule has 0 spiro atoms. The number of nitrogens with zero attached hydrogens (tertiary/aromatic N) is 1. The zero-order valence-corrected chi connectivity index (χ0v) is 16.0. The van der Waals surface area contributed by atoms with Gasteiger partial charge in [-0.3, -0.25) is 4.90 Å². The number of rotatable bonds is 5. The number of benzene rings is 2. The average Bonchev–Trinajstić information content (AvgIpc) is 2.65. The van der Waals surface area contributed by atoms with Crippen LogP contribution in [0.1, 0.15) is 17.2 Å². The van der Waals surface area contributed by atoms with Crippen molar-refractivity contribution < 1.29 is 13.9 Å². The fraction of sp³-hybridized carbons (Fsp3) is 0.368. The predicted octanol–water partition coefficient (Wildman–Crippen LogP) is 3.60. The van der Waals surface area contributed by atoms with E-state index >= 15 is 0 Å². The van der Waals surface area contributed by atoms with Crippen molar-refractivity contribution in [2.24, 2.45) is 0 Å². The van der Waals surface area contributed by atoms with Gasteiger partial charge < -0.3 is 14.8 Å². The molecule has 1 atom stereocenters. The minimum absolute atomic E-state index is 0.0110. The summed E-state index contributed by atoms with van der Waals surface area (Å²) >= 11 is 3.68. The number of hydrogen-bond donors (Lipinski definition) is 1. The molecule has 25 heavy (non-hydrogen) atoms. The largest absolute Gasteiger partial charge is 0.493 e. The molecule has 1 heterocycles. The zero-order chi connectivity index (χ0) is 17.8. The van der Waals surface area contributed by atoms with Crippen LogP contribution in [0, 0.1) is 5.82 Å². The van der Waals surface area contributed by atoms with Gasteiger partial charge in [-0.2, -0.15) is 0 Å². The van der Waals surface area contributed by atoms with Gasteiger partial charge in [0.2, 0.25) is 0 Å². The third-order valence-electron chi connectivity index (χ3n) is 4.50. The molecule has 1 N–H and O–H groups in total. The molecule has 2 aromatic carbocycles. The lowest BCUT2D eigenvalue weighted by atomic mass is 9.96. The molecule has 0 aromatic heterocycles. The Balaban J connectivity index is 2.09. The molecular weight excluding hydrogens is 387 g/mol. The van der Waals surface area contributed by atoms with Gasteiger partial charge in [-0.15, -0.1) is 0 Å². The Kier molecular flexibility index (Phi) is 5.93. The number of nitrogens with one attached hydrogen (secondary N) is 1. The Hall–Kier alpha value is -1.63. The molecule has 1 unspecified atom stereocenters. The van der Waals surface area contributed by atoms with E-state index in [-0.39, 0.29) is 11.9 Å². The Morgan fingerprint density at radius 3 is 2.24 bits per heavy atom. The van der Waals surface area contributed by atoms with Crippen molar-refractivity contribution in [3.05, 3.63) is 57.8 Å². The quantitative estimate of drug-likeness (QED) is 0.819. The van der Waals surface area contributed by atoms with Crippen LogP contribution in [-0.4, -0.2) is 45.3 Å². The summed E-state index contributed by atoms with van der Waals surface area (Å²) in [5.74, 6) is 1.13. The second-order valence-electron chi connectivity index (χ2n) is 5.97. The van der Waals surface area contributed by atoms with Crippen LogP contribution in [0.4, 0.5) is 4.39 Å². The molecule has 6 heteroatoms. The Morgan fingerprint density at radius 1 is 1.04 bits per heavy atom. The number of ether oxygens (including phenoxy) is 2. The lowest BCUT2D eigenvalue weighted by Crippen LogP contribution is -2.45. The van der Waals surface area contributed by atoms with E-state index in [0.717, 1.165) is 41.8 Å². The van der Waals surface area contributed by atoms with Crippen molar-refractivity contribution in [3.8, 4) is 11.5 Å². The molecular formula is C19H22BrFN2O2. The lowest BCUT2D eigenvalue weighted by Gasteiger charge is -2.36. The van der Waals surface area contributed by atoms with Gasteiger partial charge >= 0.3 is 0 Å². The summed E-state index contributed by atoms with van der Waals surface area (Å²) < 4.78 is 25.2. The molecule has 134 valence electrons. The van der Waals surface area contributed by atoms with Crippen molar-refractivity contribution in [1.29, 1.82) is 0 Å². The number of hydrogen-bond acceptors (Lipinski definition) is 4. The van der Waals surface area contributed by atoms with E-state index in [1.165, 1.54) is 12.1 Å². The first-order valence-electron chi connectivity index (χ1n) is 8.25. The predicted molar refractivity (Wildman–Crippen MR) is 99.9 cm³/mol. The molecule has 0 saturated carbocycles. The normalized spacial score (nSPS) is 16.5. The van der Waals surface area contributed by atoms with Crippen molar-refractivity contribution >= 4 is 15.9 Å². The summed E-state index contributed by atoms with van der Waals surface area (Å²) in [4.78, 5) is 2.40. The Bertz CT molecular complexity index is 718. The van der Waals surface area contributed by atoms with E-state index < -0.39 is 0 Å². The van der Waals surface area contributed by atoms with E-state index in [2.05, 4.69) is 26.1 Å². The highest BCUT2D eigenvalue weighted by Crippen LogP contribution is 2.40. The smallest absolute Gasteiger partial charge is 0.161 e. The van der Waals surface area contributed by atoms with E-state index in [9.17, 15) is 4.39 Å². The van der Waals surface area contributed by atoms with Crippen LogP contribution in [0.5, 0.6) is 11.5 Å². The van der Waals surface area contributed by atoms with Gasteiger partial charge in [0.1, 0.15) is 5.82 Å². The fourth-order valence-electron chi connectivity index (χ4n) is 3.25. The van der Waals surface area contributed by atoms with Gasteiger partial charge in [-0.05, 0) is 35.4 Å². The lowest BCUT2D eigenvalue weighted by molar-refractivity contribution is 0.197. The van der Waals surface area contributed by atoms with Crippen LogP contribution in [-0.2, 0) is 0 Å². The maximum atomic E-state index is 13.4. The number of piperazine rings is 1. The second-order valence-corrected chi connectivity index (χ2v) is 6.82. The third kappa shape index (κ3) is 3.97. The van der Waals surface area contributed by atoms with Crippen LogP contribution in [0.25, 0.3) is 0 Å². The van der Waals surface area contributed by atoms with E-state index in [1.807, 2.05) is 24.3 Å². The van der Waals surface area contributed by atoms with Crippen LogP contribution in [0.2, 0.25) is 0 Å². The standard InChI is InChI=1S/C19H22BrFN2O2/c1-24-17-11-15(16(20)12-18(17)25-2)19(23-9-7-22-8-10-23)13-3-5-14(21)6-4-13/h3-6,11-12,19,22H,7-10H2,1-2H3. The maximum absolute atomic E-state index is 13.4. The monoisotopic (exact) mass is 408 g/mol. The minimum atomic E-state index is -0.228. The summed E-state index contributed by atoms with van der Waals surface area (Å²) in [6.45, 7) is 3.71. The molecule has 4 nitrogen and oxygen atoms in total. The SMILES string of the molecule is COc1cc(Br)c(C(c2ccc(F)cc2)N2CCNCC2)cc1OC. The molecule has 0 radical (unpaired) electrons. The highest BCUT2D eigenvalue weighted by atomic mass is 79.9. The molecule has 1 aliphatic rings. The summed E-state index contributed by atoms with van der Waals surface area (Å²) in [5, 5.41) is 3.38. The van der Waals surface area contributed by atoms with E-state index in [4.69, 9.17) is 9.47 Å². The molecule has 2 aromatic rings. The van der Waals surface area contributed by atoms with Crippen LogP contribution >= 0.6 is 15.9 Å². The topological polar surface area (TPSA) is 33.7 Å². The van der Waals surface area contributed by atoms with E-state index in [1.54, 1.807) is 14.2 Å². The van der Waals surface area contributed by atoms with Gasteiger partial charge in [0.25, 0.3) is 0 Å². The molecule has 0 amide bonds. The minimum Gasteiger partial charge on any atom is -0.493 e. The second kappa shape index (κ2) is 8.17. The van der Waals surface area contributed by atoms with Gasteiger partial charge in [0.05, 0.1) is 20.3 Å². The summed E-state index contributed by atoms with van der Waals surface area (Å²) in [5.41, 5.74) is 2.13. The first-order chi connectivity index (χ1) is 12.1. The van der Waals surface area contributed by atoms with Gasteiger partial charge in [-0.1, -0.05) is 28.1 Å². The Morgan fingerprint density at radius 2 is 1.64 bits per heavy atom. The molecule has 1 aliphatic heterocycles. The molecule has 0 bridgehead atoms. The van der Waals surface area contributed by atoms with Gasteiger partial charge in [0.15, 0.2) is 11.5 Å². The van der Waals surface area contributed by atoms with Crippen molar-refractivity contribution in [2.75, 3.05) is 40.4 Å². The van der Waals surface area contributed by atoms with Crippen molar-refractivity contribution in [2.45, 2.75) is 6.04 Å². The number of methoxy groups -OCH3 is 2. The van der Waals surface area contributed by atoms with E-state index in [0.29, 0.717) is 11.5 Å². The van der Waals surface area contributed by atoms with Gasteiger partial charge in [-0.25, -0.2) is 4.39 Å². The summed E-state index contributed by atoms with van der Waals surface area (Å²) in [6.07, 6.45) is 0.